The topological polar surface area (TPSA) is 86.8 Å². The summed E-state index contributed by atoms with van der Waals surface area (Å²) >= 11 is 18.9. The summed E-state index contributed by atoms with van der Waals surface area (Å²) in [4.78, 5) is 28.0. The largest absolute Gasteiger partial charge is 0.354 e. The van der Waals surface area contributed by atoms with Crippen molar-refractivity contribution in [3.8, 4) is 0 Å². The van der Waals surface area contributed by atoms with Crippen LogP contribution in [0.25, 0.3) is 0 Å². The van der Waals surface area contributed by atoms with Gasteiger partial charge in [-0.1, -0.05) is 60.8 Å². The van der Waals surface area contributed by atoms with Gasteiger partial charge in [-0.25, -0.2) is 8.42 Å². The van der Waals surface area contributed by atoms with Crippen molar-refractivity contribution < 1.29 is 18.0 Å². The molecule has 1 N–H and O–H groups in total. The number of hydrogen-bond donors (Lipinski definition) is 1. The van der Waals surface area contributed by atoms with E-state index < -0.39 is 28.5 Å². The van der Waals surface area contributed by atoms with E-state index in [1.54, 1.807) is 50.2 Å². The van der Waals surface area contributed by atoms with E-state index in [9.17, 15) is 18.0 Å². The molecule has 2 rings (SSSR count). The molecule has 0 aliphatic carbocycles. The number of rotatable bonds is 11. The quantitative estimate of drug-likeness (QED) is 0.415. The summed E-state index contributed by atoms with van der Waals surface area (Å²) in [6, 6.07) is 8.93. The third-order valence-corrected chi connectivity index (χ3v) is 7.76. The van der Waals surface area contributed by atoms with E-state index in [1.807, 2.05) is 6.92 Å². The van der Waals surface area contributed by atoms with Gasteiger partial charge in [0.2, 0.25) is 21.8 Å². The molecular formula is C24H30Cl3N3O4S. The second kappa shape index (κ2) is 12.8. The number of carbonyl (C=O) groups excluding carboxylic acids is 2. The van der Waals surface area contributed by atoms with Gasteiger partial charge in [0.25, 0.3) is 0 Å². The van der Waals surface area contributed by atoms with Gasteiger partial charge in [0.05, 0.1) is 11.9 Å². The number of nitrogens with one attached hydrogen (secondary N) is 1. The molecule has 2 aromatic rings. The lowest BCUT2D eigenvalue weighted by molar-refractivity contribution is -0.140. The maximum absolute atomic E-state index is 13.7. The number of carbonyl (C=O) groups is 2. The van der Waals surface area contributed by atoms with E-state index in [1.165, 1.54) is 4.90 Å². The van der Waals surface area contributed by atoms with Crippen LogP contribution in [-0.2, 0) is 26.2 Å². The smallest absolute Gasteiger partial charge is 0.244 e. The van der Waals surface area contributed by atoms with Gasteiger partial charge in [0, 0.05) is 33.7 Å². The molecule has 0 aliphatic rings. The lowest BCUT2D eigenvalue weighted by atomic mass is 10.1. The van der Waals surface area contributed by atoms with Gasteiger partial charge in [0.15, 0.2) is 0 Å². The van der Waals surface area contributed by atoms with Gasteiger partial charge in [-0.05, 0) is 49.6 Å². The van der Waals surface area contributed by atoms with Crippen molar-refractivity contribution in [2.24, 2.45) is 0 Å². The van der Waals surface area contributed by atoms with Crippen LogP contribution in [0.3, 0.4) is 0 Å². The van der Waals surface area contributed by atoms with Gasteiger partial charge in [-0.2, -0.15) is 0 Å². The molecule has 0 aliphatic heterocycles. The predicted octanol–water partition coefficient (Wildman–Crippen LogP) is 5.05. The Balaban J connectivity index is 2.53. The Morgan fingerprint density at radius 2 is 1.57 bits per heavy atom. The molecular weight excluding hydrogens is 533 g/mol. The summed E-state index contributed by atoms with van der Waals surface area (Å²) in [6.07, 6.45) is 2.04. The third-order valence-electron chi connectivity index (χ3n) is 5.51. The first kappa shape index (κ1) is 29.2. The third kappa shape index (κ3) is 7.49. The Bertz CT molecular complexity index is 1150. The lowest BCUT2D eigenvalue weighted by Crippen LogP contribution is -2.52. The molecule has 1 unspecified atom stereocenters. The van der Waals surface area contributed by atoms with Crippen molar-refractivity contribution in [1.29, 1.82) is 0 Å². The molecule has 0 saturated heterocycles. The fourth-order valence-electron chi connectivity index (χ4n) is 3.60. The fourth-order valence-corrected chi connectivity index (χ4v) is 5.19. The highest BCUT2D eigenvalue weighted by molar-refractivity contribution is 7.92. The molecule has 0 fully saturated rings. The van der Waals surface area contributed by atoms with Crippen molar-refractivity contribution in [3.05, 3.63) is 62.6 Å². The van der Waals surface area contributed by atoms with E-state index in [0.29, 0.717) is 39.2 Å². The van der Waals surface area contributed by atoms with Gasteiger partial charge in [0.1, 0.15) is 12.6 Å². The zero-order valence-electron chi connectivity index (χ0n) is 20.1. The minimum Gasteiger partial charge on any atom is -0.354 e. The number of anilines is 1. The average molecular weight is 563 g/mol. The summed E-state index contributed by atoms with van der Waals surface area (Å²) in [6.45, 7) is 5.22. The first-order valence-electron chi connectivity index (χ1n) is 11.1. The molecule has 11 heteroatoms. The van der Waals surface area contributed by atoms with Crippen molar-refractivity contribution in [1.82, 2.24) is 10.2 Å². The predicted molar refractivity (Wildman–Crippen MR) is 143 cm³/mol. The van der Waals surface area contributed by atoms with Gasteiger partial charge >= 0.3 is 0 Å². The Morgan fingerprint density at radius 1 is 1.00 bits per heavy atom. The number of nitrogens with zero attached hydrogens (tertiary/aromatic N) is 2. The van der Waals surface area contributed by atoms with Crippen LogP contribution in [0.15, 0.2) is 36.4 Å². The highest BCUT2D eigenvalue weighted by Crippen LogP contribution is 2.30. The number of benzene rings is 2. The van der Waals surface area contributed by atoms with Crippen LogP contribution >= 0.6 is 34.8 Å². The molecule has 2 aromatic carbocycles. The Kier molecular flexibility index (Phi) is 10.7. The van der Waals surface area contributed by atoms with Crippen molar-refractivity contribution in [3.63, 3.8) is 0 Å². The highest BCUT2D eigenvalue weighted by Gasteiger charge is 2.32. The molecule has 2 amide bonds. The van der Waals surface area contributed by atoms with E-state index in [2.05, 4.69) is 5.32 Å². The normalized spacial score (nSPS) is 12.2. The Morgan fingerprint density at radius 3 is 2.11 bits per heavy atom. The fraction of sp³-hybridized carbons (Fsp3) is 0.417. The molecule has 0 bridgehead atoms. The SMILES string of the molecule is CCCNC(=O)C(CC)N(Cc1c(Cl)cccc1Cl)C(=O)CN(c1cccc(Cl)c1C)S(C)(=O)=O. The summed E-state index contributed by atoms with van der Waals surface area (Å²) in [5.74, 6) is -0.917. The van der Waals surface area contributed by atoms with Crippen LogP contribution in [0.1, 0.15) is 37.8 Å². The van der Waals surface area contributed by atoms with E-state index in [0.717, 1.165) is 17.0 Å². The molecule has 0 spiro atoms. The first-order chi connectivity index (χ1) is 16.4. The maximum Gasteiger partial charge on any atom is 0.244 e. The van der Waals surface area contributed by atoms with Crippen LogP contribution in [0.5, 0.6) is 0 Å². The lowest BCUT2D eigenvalue weighted by Gasteiger charge is -2.33. The summed E-state index contributed by atoms with van der Waals surface area (Å²) in [5, 5.41) is 3.86. The van der Waals surface area contributed by atoms with Gasteiger partial charge in [-0.15, -0.1) is 0 Å². The van der Waals surface area contributed by atoms with Crippen LogP contribution in [-0.4, -0.2) is 50.5 Å². The van der Waals surface area contributed by atoms with E-state index >= 15 is 0 Å². The minimum absolute atomic E-state index is 0.0679. The highest BCUT2D eigenvalue weighted by atomic mass is 35.5. The average Bonchev–Trinajstić information content (AvgIpc) is 2.79. The minimum atomic E-state index is -3.87. The van der Waals surface area contributed by atoms with Crippen LogP contribution in [0.2, 0.25) is 15.1 Å². The van der Waals surface area contributed by atoms with Crippen molar-refractivity contribution in [2.45, 2.75) is 46.2 Å². The number of amides is 2. The van der Waals surface area contributed by atoms with Crippen LogP contribution in [0, 0.1) is 6.92 Å². The summed E-state index contributed by atoms with van der Waals surface area (Å²) in [5.41, 5.74) is 1.27. The first-order valence-corrected chi connectivity index (χ1v) is 14.1. The van der Waals surface area contributed by atoms with Crippen LogP contribution < -0.4 is 9.62 Å². The Hall–Kier alpha value is -2.00. The number of halogens is 3. The van der Waals surface area contributed by atoms with Crippen molar-refractivity contribution >= 4 is 62.3 Å². The maximum atomic E-state index is 13.7. The number of sulfonamides is 1. The molecule has 7 nitrogen and oxygen atoms in total. The standard InChI is InChI=1S/C24H30Cl3N3O4S/c1-5-13-28-24(32)21(6-2)29(14-17-19(26)10-7-11-20(17)27)23(31)15-30(35(4,33)34)22-12-8-9-18(25)16(22)3/h7-12,21H,5-6,13-15H2,1-4H3,(H,28,32). The molecule has 0 radical (unpaired) electrons. The summed E-state index contributed by atoms with van der Waals surface area (Å²) < 4.78 is 26.4. The molecule has 0 heterocycles. The zero-order chi connectivity index (χ0) is 26.3. The van der Waals surface area contributed by atoms with Crippen LogP contribution in [0.4, 0.5) is 5.69 Å². The molecule has 1 atom stereocenters. The van der Waals surface area contributed by atoms with Gasteiger partial charge in [-0.3, -0.25) is 13.9 Å². The van der Waals surface area contributed by atoms with E-state index in [-0.39, 0.29) is 18.1 Å². The molecule has 35 heavy (non-hydrogen) atoms. The van der Waals surface area contributed by atoms with Gasteiger partial charge < -0.3 is 10.2 Å². The Labute approximate surface area is 222 Å². The second-order valence-corrected chi connectivity index (χ2v) is 11.2. The van der Waals surface area contributed by atoms with E-state index in [4.69, 9.17) is 34.8 Å². The summed E-state index contributed by atoms with van der Waals surface area (Å²) in [7, 11) is -3.87. The monoisotopic (exact) mass is 561 g/mol. The second-order valence-electron chi connectivity index (χ2n) is 8.09. The zero-order valence-corrected chi connectivity index (χ0v) is 23.2. The van der Waals surface area contributed by atoms with Crippen molar-refractivity contribution in [2.75, 3.05) is 23.7 Å². The molecule has 0 aromatic heterocycles. The number of hydrogen-bond acceptors (Lipinski definition) is 4. The molecule has 0 saturated carbocycles. The molecule has 192 valence electrons.